The third-order valence-electron chi connectivity index (χ3n) is 3.93. The number of rotatable bonds is 2. The molecule has 2 aliphatic rings. The van der Waals surface area contributed by atoms with Gasteiger partial charge in [-0.3, -0.25) is 0 Å². The SMILES string of the molecule is CNC1CC(C2CCOC2)Oc2ccc(Cl)cc21. The Kier molecular flexibility index (Phi) is 3.46. The van der Waals surface area contributed by atoms with Gasteiger partial charge in [-0.05, 0) is 31.7 Å². The minimum atomic E-state index is 0.249. The van der Waals surface area contributed by atoms with Crippen molar-refractivity contribution >= 4 is 11.6 Å². The van der Waals surface area contributed by atoms with Gasteiger partial charge in [-0.2, -0.15) is 0 Å². The summed E-state index contributed by atoms with van der Waals surface area (Å²) >= 11 is 6.06. The first-order valence-corrected chi connectivity index (χ1v) is 6.87. The molecule has 3 atom stereocenters. The summed E-state index contributed by atoms with van der Waals surface area (Å²) in [6.45, 7) is 1.69. The molecule has 98 valence electrons. The average molecular weight is 268 g/mol. The topological polar surface area (TPSA) is 30.5 Å². The highest BCUT2D eigenvalue weighted by molar-refractivity contribution is 6.30. The number of nitrogens with one attached hydrogen (secondary N) is 1. The Balaban J connectivity index is 1.86. The zero-order valence-electron chi connectivity index (χ0n) is 10.5. The molecule has 4 heteroatoms. The number of hydrogen-bond acceptors (Lipinski definition) is 3. The van der Waals surface area contributed by atoms with E-state index in [2.05, 4.69) is 5.32 Å². The van der Waals surface area contributed by atoms with Crippen LogP contribution in [-0.4, -0.2) is 26.4 Å². The highest BCUT2D eigenvalue weighted by Gasteiger charge is 2.34. The molecule has 0 saturated carbocycles. The summed E-state index contributed by atoms with van der Waals surface area (Å²) in [4.78, 5) is 0. The number of halogens is 1. The van der Waals surface area contributed by atoms with Crippen molar-refractivity contribution in [1.82, 2.24) is 5.32 Å². The summed E-state index contributed by atoms with van der Waals surface area (Å²) in [5.74, 6) is 1.48. The van der Waals surface area contributed by atoms with Crippen LogP contribution in [0, 0.1) is 5.92 Å². The van der Waals surface area contributed by atoms with Crippen LogP contribution in [0.2, 0.25) is 5.02 Å². The van der Waals surface area contributed by atoms with Gasteiger partial charge in [-0.15, -0.1) is 0 Å². The molecule has 0 spiro atoms. The largest absolute Gasteiger partial charge is 0.490 e. The molecule has 0 aliphatic carbocycles. The van der Waals surface area contributed by atoms with E-state index in [-0.39, 0.29) is 6.10 Å². The highest BCUT2D eigenvalue weighted by atomic mass is 35.5. The third-order valence-corrected chi connectivity index (χ3v) is 4.17. The molecule has 1 N–H and O–H groups in total. The molecular weight excluding hydrogens is 250 g/mol. The average Bonchev–Trinajstić information content (AvgIpc) is 2.91. The van der Waals surface area contributed by atoms with Gasteiger partial charge in [0.1, 0.15) is 11.9 Å². The van der Waals surface area contributed by atoms with Gasteiger partial charge in [-0.25, -0.2) is 0 Å². The highest BCUT2D eigenvalue weighted by Crippen LogP contribution is 2.39. The Morgan fingerprint density at radius 2 is 2.28 bits per heavy atom. The summed E-state index contributed by atoms with van der Waals surface area (Å²) in [7, 11) is 1.99. The van der Waals surface area contributed by atoms with E-state index < -0.39 is 0 Å². The second-order valence-electron chi connectivity index (χ2n) is 5.04. The Bertz CT molecular complexity index is 432. The van der Waals surface area contributed by atoms with Gasteiger partial charge in [0.25, 0.3) is 0 Å². The molecule has 3 nitrogen and oxygen atoms in total. The quantitative estimate of drug-likeness (QED) is 0.894. The second kappa shape index (κ2) is 5.08. The van der Waals surface area contributed by atoms with Crippen molar-refractivity contribution in [2.45, 2.75) is 25.0 Å². The fourth-order valence-electron chi connectivity index (χ4n) is 2.88. The van der Waals surface area contributed by atoms with E-state index in [1.807, 2.05) is 25.2 Å². The van der Waals surface area contributed by atoms with Gasteiger partial charge in [0.05, 0.1) is 6.61 Å². The van der Waals surface area contributed by atoms with Crippen LogP contribution in [0.1, 0.15) is 24.4 Å². The lowest BCUT2D eigenvalue weighted by molar-refractivity contribution is 0.0813. The zero-order chi connectivity index (χ0) is 12.5. The van der Waals surface area contributed by atoms with E-state index in [1.54, 1.807) is 0 Å². The smallest absolute Gasteiger partial charge is 0.124 e. The van der Waals surface area contributed by atoms with Crippen LogP contribution < -0.4 is 10.1 Å². The standard InChI is InChI=1S/C14H18ClNO2/c1-16-12-7-14(9-4-5-17-8-9)18-13-3-2-10(15)6-11(12)13/h2-3,6,9,12,14,16H,4-5,7-8H2,1H3. The molecule has 2 heterocycles. The van der Waals surface area contributed by atoms with E-state index in [9.17, 15) is 0 Å². The molecule has 1 aromatic rings. The predicted molar refractivity (Wildman–Crippen MR) is 71.2 cm³/mol. The van der Waals surface area contributed by atoms with Gasteiger partial charge in [-0.1, -0.05) is 11.6 Å². The monoisotopic (exact) mass is 267 g/mol. The van der Waals surface area contributed by atoms with E-state index >= 15 is 0 Å². The molecule has 0 aromatic heterocycles. The van der Waals surface area contributed by atoms with Crippen LogP contribution in [0.15, 0.2) is 18.2 Å². The molecule has 2 aliphatic heterocycles. The predicted octanol–water partition coefficient (Wildman–Crippen LogP) is 2.79. The van der Waals surface area contributed by atoms with Gasteiger partial charge in [0.15, 0.2) is 0 Å². The van der Waals surface area contributed by atoms with Crippen LogP contribution >= 0.6 is 11.6 Å². The Labute approximate surface area is 112 Å². The molecule has 1 aromatic carbocycles. The molecule has 1 fully saturated rings. The molecule has 1 saturated heterocycles. The number of fused-ring (bicyclic) bond motifs is 1. The number of hydrogen-bond donors (Lipinski definition) is 1. The maximum atomic E-state index is 6.12. The van der Waals surface area contributed by atoms with Crippen molar-refractivity contribution in [2.24, 2.45) is 5.92 Å². The first kappa shape index (κ1) is 12.3. The van der Waals surface area contributed by atoms with E-state index in [0.717, 1.165) is 36.8 Å². The molecular formula is C14H18ClNO2. The molecule has 0 amide bonds. The second-order valence-corrected chi connectivity index (χ2v) is 5.48. The summed E-state index contributed by atoms with van der Waals surface area (Å²) in [6, 6.07) is 6.18. The lowest BCUT2D eigenvalue weighted by Crippen LogP contribution is -2.36. The van der Waals surface area contributed by atoms with Crippen LogP contribution in [0.4, 0.5) is 0 Å². The molecule has 18 heavy (non-hydrogen) atoms. The van der Waals surface area contributed by atoms with Gasteiger partial charge < -0.3 is 14.8 Å². The van der Waals surface area contributed by atoms with Crippen LogP contribution in [0.25, 0.3) is 0 Å². The van der Waals surface area contributed by atoms with Crippen molar-refractivity contribution in [2.75, 3.05) is 20.3 Å². The third kappa shape index (κ3) is 2.22. The normalized spacial score (nSPS) is 30.9. The Morgan fingerprint density at radius 1 is 1.39 bits per heavy atom. The van der Waals surface area contributed by atoms with Crippen LogP contribution in [-0.2, 0) is 4.74 Å². The maximum Gasteiger partial charge on any atom is 0.124 e. The van der Waals surface area contributed by atoms with E-state index in [0.29, 0.717) is 12.0 Å². The van der Waals surface area contributed by atoms with Crippen molar-refractivity contribution in [3.05, 3.63) is 28.8 Å². The first-order chi connectivity index (χ1) is 8.78. The van der Waals surface area contributed by atoms with Crippen molar-refractivity contribution in [3.63, 3.8) is 0 Å². The minimum Gasteiger partial charge on any atom is -0.490 e. The molecule has 0 radical (unpaired) electrons. The van der Waals surface area contributed by atoms with Crippen LogP contribution in [0.5, 0.6) is 5.75 Å². The summed E-state index contributed by atoms with van der Waals surface area (Å²) in [5.41, 5.74) is 1.17. The summed E-state index contributed by atoms with van der Waals surface area (Å²) < 4.78 is 11.6. The fraction of sp³-hybridized carbons (Fsp3) is 0.571. The first-order valence-electron chi connectivity index (χ1n) is 6.49. The van der Waals surface area contributed by atoms with E-state index in [1.165, 1.54) is 5.56 Å². The number of benzene rings is 1. The summed E-state index contributed by atoms with van der Waals surface area (Å²) in [5, 5.41) is 4.13. The Morgan fingerprint density at radius 3 is 3.00 bits per heavy atom. The van der Waals surface area contributed by atoms with Gasteiger partial charge >= 0.3 is 0 Å². The number of ether oxygens (including phenoxy) is 2. The van der Waals surface area contributed by atoms with Crippen molar-refractivity contribution < 1.29 is 9.47 Å². The lowest BCUT2D eigenvalue weighted by atomic mass is 9.89. The minimum absolute atomic E-state index is 0.249. The fourth-order valence-corrected chi connectivity index (χ4v) is 3.06. The van der Waals surface area contributed by atoms with Crippen molar-refractivity contribution in [3.8, 4) is 5.75 Å². The molecule has 3 rings (SSSR count). The van der Waals surface area contributed by atoms with Gasteiger partial charge in [0, 0.05) is 35.6 Å². The zero-order valence-corrected chi connectivity index (χ0v) is 11.2. The van der Waals surface area contributed by atoms with Gasteiger partial charge in [0.2, 0.25) is 0 Å². The lowest BCUT2D eigenvalue weighted by Gasteiger charge is -2.34. The Hall–Kier alpha value is -0.770. The molecule has 0 bridgehead atoms. The molecule has 3 unspecified atom stereocenters. The summed E-state index contributed by atoms with van der Waals surface area (Å²) in [6.07, 6.45) is 2.33. The van der Waals surface area contributed by atoms with E-state index in [4.69, 9.17) is 21.1 Å². The van der Waals surface area contributed by atoms with Crippen molar-refractivity contribution in [1.29, 1.82) is 0 Å². The van der Waals surface area contributed by atoms with Crippen LogP contribution in [0.3, 0.4) is 0 Å². The maximum absolute atomic E-state index is 6.12.